The highest BCUT2D eigenvalue weighted by Crippen LogP contribution is 2.27. The van der Waals surface area contributed by atoms with E-state index >= 15 is 0 Å². The quantitative estimate of drug-likeness (QED) is 0.784. The molecule has 0 unspecified atom stereocenters. The Labute approximate surface area is 108 Å². The Morgan fingerprint density at radius 2 is 1.84 bits per heavy atom. The van der Waals surface area contributed by atoms with Crippen molar-refractivity contribution in [2.75, 3.05) is 7.11 Å². The van der Waals surface area contributed by atoms with E-state index in [0.717, 1.165) is 18.2 Å². The molecular weight excluding hydrogens is 254 g/mol. The molecule has 1 aromatic carbocycles. The normalized spacial score (nSPS) is 10.6. The van der Waals surface area contributed by atoms with Crippen molar-refractivity contribution in [3.05, 3.63) is 41.1 Å². The molecule has 0 atom stereocenters. The largest absolute Gasteiger partial charge is 0.465 e. The lowest BCUT2D eigenvalue weighted by Gasteiger charge is -2.06. The third kappa shape index (κ3) is 2.33. The van der Waals surface area contributed by atoms with E-state index in [1.54, 1.807) is 14.0 Å². The number of carbonyl (C=O) groups is 1. The molecule has 0 fully saturated rings. The first kappa shape index (κ1) is 13.2. The highest BCUT2D eigenvalue weighted by molar-refractivity contribution is 5.97. The Morgan fingerprint density at radius 1 is 1.26 bits per heavy atom. The molecule has 0 saturated carbocycles. The summed E-state index contributed by atoms with van der Waals surface area (Å²) in [5.74, 6) is -2.03. The molecule has 0 spiro atoms. The maximum atomic E-state index is 13.3. The third-order valence-corrected chi connectivity index (χ3v) is 2.75. The Bertz CT molecular complexity index is 630. The maximum Gasteiger partial charge on any atom is 0.342 e. The first-order chi connectivity index (χ1) is 8.93. The minimum atomic E-state index is -0.718. The Hall–Kier alpha value is -2.24. The predicted molar refractivity (Wildman–Crippen MR) is 64.6 cm³/mol. The molecule has 19 heavy (non-hydrogen) atoms. The van der Waals surface area contributed by atoms with Gasteiger partial charge >= 0.3 is 5.97 Å². The van der Waals surface area contributed by atoms with Gasteiger partial charge in [0.1, 0.15) is 17.2 Å². The number of hydrogen-bond acceptors (Lipinski definition) is 3. The lowest BCUT2D eigenvalue weighted by molar-refractivity contribution is 0.0600. The van der Waals surface area contributed by atoms with Gasteiger partial charge in [0.15, 0.2) is 0 Å². The topological polar surface area (TPSA) is 44.1 Å². The fourth-order valence-electron chi connectivity index (χ4n) is 2.03. The molecular formula is C13H12F2N2O2. The van der Waals surface area contributed by atoms with Crippen molar-refractivity contribution in [2.45, 2.75) is 6.92 Å². The summed E-state index contributed by atoms with van der Waals surface area (Å²) in [4.78, 5) is 11.7. The van der Waals surface area contributed by atoms with Gasteiger partial charge in [-0.25, -0.2) is 13.6 Å². The summed E-state index contributed by atoms with van der Waals surface area (Å²) in [7, 11) is 2.84. The van der Waals surface area contributed by atoms with E-state index in [2.05, 4.69) is 9.84 Å². The Kier molecular flexibility index (Phi) is 3.33. The minimum Gasteiger partial charge on any atom is -0.465 e. The van der Waals surface area contributed by atoms with Crippen molar-refractivity contribution in [2.24, 2.45) is 7.05 Å². The molecule has 0 N–H and O–H groups in total. The number of benzene rings is 1. The Morgan fingerprint density at radius 3 is 2.37 bits per heavy atom. The SMILES string of the molecule is COC(=O)c1c(C)nn(C)c1-c1cc(F)cc(F)c1. The lowest BCUT2D eigenvalue weighted by Crippen LogP contribution is -2.05. The molecule has 4 nitrogen and oxygen atoms in total. The van der Waals surface area contributed by atoms with Gasteiger partial charge in [0.2, 0.25) is 0 Å². The number of methoxy groups -OCH3 is 1. The van der Waals surface area contributed by atoms with Gasteiger partial charge in [0.25, 0.3) is 0 Å². The van der Waals surface area contributed by atoms with Crippen LogP contribution in [-0.4, -0.2) is 22.9 Å². The zero-order valence-electron chi connectivity index (χ0n) is 10.7. The smallest absolute Gasteiger partial charge is 0.342 e. The number of halogens is 2. The van der Waals surface area contributed by atoms with Gasteiger partial charge in [-0.15, -0.1) is 0 Å². The molecule has 0 bridgehead atoms. The first-order valence-electron chi connectivity index (χ1n) is 5.52. The zero-order chi connectivity index (χ0) is 14.2. The van der Waals surface area contributed by atoms with Crippen LogP contribution in [-0.2, 0) is 11.8 Å². The molecule has 1 heterocycles. The predicted octanol–water partition coefficient (Wildman–Crippen LogP) is 2.46. The van der Waals surface area contributed by atoms with E-state index in [9.17, 15) is 13.6 Å². The Balaban J connectivity index is 2.71. The van der Waals surface area contributed by atoms with Crippen LogP contribution in [0.25, 0.3) is 11.3 Å². The van der Waals surface area contributed by atoms with Crippen LogP contribution in [0.2, 0.25) is 0 Å². The fraction of sp³-hybridized carbons (Fsp3) is 0.231. The zero-order valence-corrected chi connectivity index (χ0v) is 10.7. The molecule has 100 valence electrons. The number of hydrogen-bond donors (Lipinski definition) is 0. The van der Waals surface area contributed by atoms with Gasteiger partial charge in [-0.2, -0.15) is 5.10 Å². The fourth-order valence-corrected chi connectivity index (χ4v) is 2.03. The summed E-state index contributed by atoms with van der Waals surface area (Å²) in [5.41, 5.74) is 1.20. The number of nitrogens with zero attached hydrogens (tertiary/aromatic N) is 2. The van der Waals surface area contributed by atoms with Crippen LogP contribution in [0, 0.1) is 18.6 Å². The van der Waals surface area contributed by atoms with Crippen molar-refractivity contribution in [3.63, 3.8) is 0 Å². The number of carbonyl (C=O) groups excluding carboxylic acids is 1. The van der Waals surface area contributed by atoms with Gasteiger partial charge in [0.05, 0.1) is 18.5 Å². The second kappa shape index (κ2) is 4.79. The van der Waals surface area contributed by atoms with Gasteiger partial charge in [-0.05, 0) is 19.1 Å². The highest BCUT2D eigenvalue weighted by atomic mass is 19.1. The average molecular weight is 266 g/mol. The summed E-state index contributed by atoms with van der Waals surface area (Å²) in [6.45, 7) is 1.63. The molecule has 6 heteroatoms. The second-order valence-corrected chi connectivity index (χ2v) is 4.08. The van der Waals surface area contributed by atoms with Crippen LogP contribution in [0.3, 0.4) is 0 Å². The lowest BCUT2D eigenvalue weighted by atomic mass is 10.1. The van der Waals surface area contributed by atoms with Crippen molar-refractivity contribution < 1.29 is 18.3 Å². The molecule has 0 radical (unpaired) electrons. The molecule has 2 aromatic rings. The number of aromatic nitrogens is 2. The maximum absolute atomic E-state index is 13.3. The second-order valence-electron chi connectivity index (χ2n) is 4.08. The summed E-state index contributed by atoms with van der Waals surface area (Å²) >= 11 is 0. The minimum absolute atomic E-state index is 0.204. The highest BCUT2D eigenvalue weighted by Gasteiger charge is 2.22. The molecule has 1 aromatic heterocycles. The van der Waals surface area contributed by atoms with Crippen LogP contribution in [0.1, 0.15) is 16.1 Å². The van der Waals surface area contributed by atoms with Crippen LogP contribution < -0.4 is 0 Å². The molecule has 0 aliphatic rings. The standard InChI is InChI=1S/C13H12F2N2O2/c1-7-11(13(18)19-3)12(17(2)16-7)8-4-9(14)6-10(15)5-8/h4-6H,1-3H3. The van der Waals surface area contributed by atoms with Crippen LogP contribution in [0.15, 0.2) is 18.2 Å². The molecule has 0 aliphatic heterocycles. The van der Waals surface area contributed by atoms with Crippen molar-refractivity contribution >= 4 is 5.97 Å². The summed E-state index contributed by atoms with van der Waals surface area (Å²) in [6, 6.07) is 3.06. The molecule has 2 rings (SSSR count). The van der Waals surface area contributed by atoms with Gasteiger partial charge in [0, 0.05) is 18.7 Å². The average Bonchev–Trinajstić information content (AvgIpc) is 2.62. The summed E-state index contributed by atoms with van der Waals surface area (Å²) in [6.07, 6.45) is 0. The number of aryl methyl sites for hydroxylation is 2. The number of esters is 1. The van der Waals surface area contributed by atoms with E-state index in [4.69, 9.17) is 0 Å². The number of ether oxygens (including phenoxy) is 1. The van der Waals surface area contributed by atoms with Gasteiger partial charge in [-0.1, -0.05) is 0 Å². The van der Waals surface area contributed by atoms with Crippen LogP contribution in [0.4, 0.5) is 8.78 Å². The summed E-state index contributed by atoms with van der Waals surface area (Å²) in [5, 5.41) is 4.09. The van der Waals surface area contributed by atoms with Crippen molar-refractivity contribution in [3.8, 4) is 11.3 Å². The van der Waals surface area contributed by atoms with Crippen LogP contribution >= 0.6 is 0 Å². The third-order valence-electron chi connectivity index (χ3n) is 2.75. The molecule has 0 amide bonds. The van der Waals surface area contributed by atoms with E-state index in [0.29, 0.717) is 11.4 Å². The van der Waals surface area contributed by atoms with E-state index in [-0.39, 0.29) is 11.1 Å². The van der Waals surface area contributed by atoms with Gasteiger partial charge < -0.3 is 4.74 Å². The summed E-state index contributed by atoms with van der Waals surface area (Å²) < 4.78 is 32.6. The van der Waals surface area contributed by atoms with Crippen LogP contribution in [0.5, 0.6) is 0 Å². The van der Waals surface area contributed by atoms with Crippen molar-refractivity contribution in [1.29, 1.82) is 0 Å². The van der Waals surface area contributed by atoms with E-state index in [1.807, 2.05) is 0 Å². The van der Waals surface area contributed by atoms with Crippen molar-refractivity contribution in [1.82, 2.24) is 9.78 Å². The van der Waals surface area contributed by atoms with E-state index < -0.39 is 17.6 Å². The first-order valence-corrected chi connectivity index (χ1v) is 5.52. The molecule has 0 aliphatic carbocycles. The molecule has 0 saturated heterocycles. The number of rotatable bonds is 2. The van der Waals surface area contributed by atoms with E-state index in [1.165, 1.54) is 11.8 Å². The monoisotopic (exact) mass is 266 g/mol. The van der Waals surface area contributed by atoms with Gasteiger partial charge in [-0.3, -0.25) is 4.68 Å².